The molecular formula is C21H27NO3. The Morgan fingerprint density at radius 1 is 1.04 bits per heavy atom. The average Bonchev–Trinajstić information content (AvgIpc) is 2.62. The molecule has 134 valence electrons. The maximum atomic E-state index is 13.6. The summed E-state index contributed by atoms with van der Waals surface area (Å²) in [5.74, 6) is 0. The monoisotopic (exact) mass is 341 g/mol. The molecule has 0 aliphatic carbocycles. The Morgan fingerprint density at radius 2 is 1.64 bits per heavy atom. The highest BCUT2D eigenvalue weighted by atomic mass is 16.9. The summed E-state index contributed by atoms with van der Waals surface area (Å²) in [4.78, 5) is 5.13. The zero-order chi connectivity index (χ0) is 18.1. The summed E-state index contributed by atoms with van der Waals surface area (Å²) in [7, 11) is 0. The molecule has 0 fully saturated rings. The summed E-state index contributed by atoms with van der Waals surface area (Å²) in [6.45, 7) is 4.07. The summed E-state index contributed by atoms with van der Waals surface area (Å²) in [6.07, 6.45) is 3.87. The first-order valence-electron chi connectivity index (χ1n) is 8.68. The highest BCUT2D eigenvalue weighted by molar-refractivity contribution is 5.17. The van der Waals surface area contributed by atoms with E-state index in [-0.39, 0.29) is 25.3 Å². The maximum Gasteiger partial charge on any atom is 0.142 e. The van der Waals surface area contributed by atoms with Crippen LogP contribution < -0.4 is 0 Å². The van der Waals surface area contributed by atoms with Crippen LogP contribution in [0.15, 0.2) is 72.8 Å². The summed E-state index contributed by atoms with van der Waals surface area (Å²) in [5, 5.41) is 22.5. The molecule has 0 radical (unpaired) electrons. The highest BCUT2D eigenvalue weighted by Gasteiger charge is 2.31. The van der Waals surface area contributed by atoms with Gasteiger partial charge in [-0.1, -0.05) is 72.8 Å². The molecule has 2 aromatic carbocycles. The van der Waals surface area contributed by atoms with Crippen molar-refractivity contribution in [3.8, 4) is 0 Å². The van der Waals surface area contributed by atoms with E-state index in [0.29, 0.717) is 6.42 Å². The number of quaternary nitrogens is 1. The molecule has 4 heteroatoms. The Kier molecular flexibility index (Phi) is 7.34. The van der Waals surface area contributed by atoms with Crippen molar-refractivity contribution in [2.75, 3.05) is 6.61 Å². The quantitative estimate of drug-likeness (QED) is 0.414. The van der Waals surface area contributed by atoms with Crippen LogP contribution in [0, 0.1) is 5.21 Å². The summed E-state index contributed by atoms with van der Waals surface area (Å²) >= 11 is 0. The van der Waals surface area contributed by atoms with Gasteiger partial charge in [0, 0.05) is 17.7 Å². The van der Waals surface area contributed by atoms with Crippen LogP contribution in [0.1, 0.15) is 37.4 Å². The molecule has 25 heavy (non-hydrogen) atoms. The Morgan fingerprint density at radius 3 is 2.24 bits per heavy atom. The molecule has 0 aliphatic heterocycles. The van der Waals surface area contributed by atoms with Crippen LogP contribution >= 0.6 is 0 Å². The standard InChI is InChI=1S/C21H27NO3/c1-18(11-9-10-16-23)25-22(24,17-20-12-5-3-6-13-20)19(2)21-14-7-4-8-15-21/h3-9,11-15,18-19,23H,10,16-17H2,1-2H3/b11-9+/t18-,19-,22?/m1/s1. The van der Waals surface area contributed by atoms with Gasteiger partial charge in [0.1, 0.15) is 18.7 Å². The van der Waals surface area contributed by atoms with E-state index in [1.807, 2.05) is 86.7 Å². The molecule has 0 amide bonds. The van der Waals surface area contributed by atoms with Gasteiger partial charge < -0.3 is 10.3 Å². The fourth-order valence-corrected chi connectivity index (χ4v) is 2.74. The minimum atomic E-state index is -0.793. The molecule has 0 aliphatic rings. The van der Waals surface area contributed by atoms with Gasteiger partial charge in [-0.3, -0.25) is 0 Å². The lowest BCUT2D eigenvalue weighted by Crippen LogP contribution is -2.45. The third kappa shape index (κ3) is 5.80. The van der Waals surface area contributed by atoms with Crippen molar-refractivity contribution in [1.82, 2.24) is 0 Å². The second kappa shape index (κ2) is 9.49. The van der Waals surface area contributed by atoms with Gasteiger partial charge in [-0.15, -0.1) is 0 Å². The van der Waals surface area contributed by atoms with E-state index in [2.05, 4.69) is 0 Å². The van der Waals surface area contributed by atoms with Crippen molar-refractivity contribution >= 4 is 0 Å². The van der Waals surface area contributed by atoms with E-state index in [1.165, 1.54) is 0 Å². The minimum Gasteiger partial charge on any atom is -0.598 e. The Balaban J connectivity index is 2.23. The van der Waals surface area contributed by atoms with Gasteiger partial charge in [-0.25, -0.2) is 4.81 Å². The number of benzene rings is 2. The van der Waals surface area contributed by atoms with Crippen LogP contribution in [0.5, 0.6) is 0 Å². The number of hydrogen-bond acceptors (Lipinski definition) is 3. The van der Waals surface area contributed by atoms with Crippen molar-refractivity contribution in [3.63, 3.8) is 0 Å². The van der Waals surface area contributed by atoms with Gasteiger partial charge in [-0.05, 0) is 20.3 Å². The number of hydrogen-bond donors (Lipinski definition) is 1. The van der Waals surface area contributed by atoms with Crippen molar-refractivity contribution in [3.05, 3.63) is 89.1 Å². The molecule has 1 unspecified atom stereocenters. The van der Waals surface area contributed by atoms with Crippen LogP contribution in [0.3, 0.4) is 0 Å². The molecule has 0 heterocycles. The van der Waals surface area contributed by atoms with Gasteiger partial charge in [0.2, 0.25) is 0 Å². The van der Waals surface area contributed by atoms with Crippen molar-refractivity contribution in [1.29, 1.82) is 0 Å². The predicted octanol–water partition coefficient (Wildman–Crippen LogP) is 4.52. The average molecular weight is 341 g/mol. The molecule has 3 atom stereocenters. The Hall–Kier alpha value is -1.98. The van der Waals surface area contributed by atoms with E-state index in [9.17, 15) is 5.21 Å². The van der Waals surface area contributed by atoms with Crippen molar-refractivity contribution in [2.45, 2.75) is 39.0 Å². The second-order valence-electron chi connectivity index (χ2n) is 6.21. The zero-order valence-electron chi connectivity index (χ0n) is 14.9. The van der Waals surface area contributed by atoms with E-state index in [1.54, 1.807) is 0 Å². The molecule has 0 saturated heterocycles. The number of rotatable bonds is 9. The smallest absolute Gasteiger partial charge is 0.142 e. The number of hydroxylamine groups is 4. The second-order valence-corrected chi connectivity index (χ2v) is 6.21. The molecule has 0 spiro atoms. The molecule has 0 aromatic heterocycles. The first-order chi connectivity index (χ1) is 12.0. The van der Waals surface area contributed by atoms with Crippen LogP contribution in [0.2, 0.25) is 0 Å². The van der Waals surface area contributed by atoms with E-state index in [4.69, 9.17) is 9.94 Å². The molecule has 0 saturated carbocycles. The number of nitrogens with zero attached hydrogens (tertiary/aromatic N) is 1. The molecule has 4 nitrogen and oxygen atoms in total. The topological polar surface area (TPSA) is 52.5 Å². The molecule has 2 rings (SSSR count). The molecule has 1 N–H and O–H groups in total. The highest BCUT2D eigenvalue weighted by Crippen LogP contribution is 2.31. The maximum absolute atomic E-state index is 13.6. The van der Waals surface area contributed by atoms with Crippen molar-refractivity contribution in [2.24, 2.45) is 0 Å². The third-order valence-corrected chi connectivity index (χ3v) is 4.17. The zero-order valence-corrected chi connectivity index (χ0v) is 14.9. The van der Waals surface area contributed by atoms with Crippen LogP contribution in [-0.4, -0.2) is 22.6 Å². The Labute approximate surface area is 150 Å². The largest absolute Gasteiger partial charge is 0.598 e. The molecule has 0 bridgehead atoms. The summed E-state index contributed by atoms with van der Waals surface area (Å²) in [6, 6.07) is 19.0. The normalized spacial score (nSPS) is 16.5. The lowest BCUT2D eigenvalue weighted by Gasteiger charge is -2.45. The van der Waals surface area contributed by atoms with Gasteiger partial charge in [0.05, 0.1) is 0 Å². The number of aliphatic hydroxyl groups excluding tert-OH is 1. The fourth-order valence-electron chi connectivity index (χ4n) is 2.74. The summed E-state index contributed by atoms with van der Waals surface area (Å²) in [5.41, 5.74) is 1.88. The van der Waals surface area contributed by atoms with Gasteiger partial charge in [0.15, 0.2) is 0 Å². The SMILES string of the molecule is C[C@H](/C=C/CCO)O[N+]([O-])(Cc1ccccc1)[C@H](C)c1ccccc1. The molecular weight excluding hydrogens is 314 g/mol. The third-order valence-electron chi connectivity index (χ3n) is 4.17. The lowest BCUT2D eigenvalue weighted by atomic mass is 10.1. The van der Waals surface area contributed by atoms with Gasteiger partial charge in [-0.2, -0.15) is 4.84 Å². The van der Waals surface area contributed by atoms with Crippen molar-refractivity contribution < 1.29 is 14.8 Å². The molecule has 2 aromatic rings. The Bertz CT molecular complexity index is 645. The van der Waals surface area contributed by atoms with E-state index >= 15 is 0 Å². The van der Waals surface area contributed by atoms with Crippen LogP contribution in [0.4, 0.5) is 0 Å². The lowest BCUT2D eigenvalue weighted by molar-refractivity contribution is -1.10. The van der Waals surface area contributed by atoms with E-state index in [0.717, 1.165) is 11.1 Å². The van der Waals surface area contributed by atoms with Gasteiger partial charge >= 0.3 is 0 Å². The first kappa shape index (κ1) is 19.3. The predicted molar refractivity (Wildman–Crippen MR) is 100 cm³/mol. The first-order valence-corrected chi connectivity index (χ1v) is 8.68. The summed E-state index contributed by atoms with van der Waals surface area (Å²) < 4.78 is 0. The van der Waals surface area contributed by atoms with E-state index < -0.39 is 4.81 Å². The fraction of sp³-hybridized carbons (Fsp3) is 0.333. The number of aliphatic hydroxyl groups is 1. The van der Waals surface area contributed by atoms with Crippen LogP contribution in [-0.2, 0) is 11.4 Å². The minimum absolute atomic E-state index is 0.0883. The van der Waals surface area contributed by atoms with Gasteiger partial charge in [0.25, 0.3) is 0 Å². The van der Waals surface area contributed by atoms with Crippen LogP contribution in [0.25, 0.3) is 0 Å².